The summed E-state index contributed by atoms with van der Waals surface area (Å²) in [4.78, 5) is 24.6. The van der Waals surface area contributed by atoms with Gasteiger partial charge in [0.2, 0.25) is 5.91 Å². The van der Waals surface area contributed by atoms with Gasteiger partial charge in [-0.2, -0.15) is 0 Å². The monoisotopic (exact) mass is 355 g/mol. The number of likely N-dealkylation sites (tertiary alicyclic amines) is 1. The SMILES string of the molecule is CNC(=O)C1CCCCN1Cc1cccc([N+](=O)[O-])c1Br. The van der Waals surface area contributed by atoms with Crippen LogP contribution in [0.2, 0.25) is 0 Å². The fourth-order valence-electron chi connectivity index (χ4n) is 2.69. The molecule has 1 amide bonds. The molecule has 1 aromatic carbocycles. The van der Waals surface area contributed by atoms with Crippen molar-refractivity contribution < 1.29 is 9.72 Å². The minimum Gasteiger partial charge on any atom is -0.358 e. The number of amides is 1. The predicted molar refractivity (Wildman–Crippen MR) is 82.9 cm³/mol. The zero-order valence-corrected chi connectivity index (χ0v) is 13.4. The first-order chi connectivity index (χ1) is 10.0. The third-order valence-electron chi connectivity index (χ3n) is 3.79. The molecule has 0 spiro atoms. The number of nitrogens with zero attached hydrogens (tertiary/aromatic N) is 2. The van der Waals surface area contributed by atoms with Gasteiger partial charge in [0.05, 0.1) is 15.4 Å². The Balaban J connectivity index is 2.21. The first-order valence-electron chi connectivity index (χ1n) is 6.92. The Labute approximate surface area is 131 Å². The molecule has 0 radical (unpaired) electrons. The van der Waals surface area contributed by atoms with Crippen LogP contribution in [0.5, 0.6) is 0 Å². The molecule has 1 aliphatic heterocycles. The quantitative estimate of drug-likeness (QED) is 0.664. The Morgan fingerprint density at radius 1 is 1.52 bits per heavy atom. The number of likely N-dealkylation sites (N-methyl/N-ethyl adjacent to an activating group) is 1. The molecule has 1 aromatic rings. The zero-order chi connectivity index (χ0) is 15.4. The maximum atomic E-state index is 12.0. The standard InChI is InChI=1S/C14H18BrN3O3/c1-16-14(19)12-6-2-3-8-17(12)9-10-5-4-7-11(13(10)15)18(20)21/h4-5,7,12H,2-3,6,8-9H2,1H3,(H,16,19). The number of nitro benzene ring substituents is 1. The third-order valence-corrected chi connectivity index (χ3v) is 4.71. The van der Waals surface area contributed by atoms with Crippen molar-refractivity contribution in [1.29, 1.82) is 0 Å². The van der Waals surface area contributed by atoms with Gasteiger partial charge in [0.25, 0.3) is 5.69 Å². The second-order valence-corrected chi connectivity index (χ2v) is 5.90. The Morgan fingerprint density at radius 3 is 2.95 bits per heavy atom. The van der Waals surface area contributed by atoms with Crippen LogP contribution in [0.4, 0.5) is 5.69 Å². The van der Waals surface area contributed by atoms with E-state index < -0.39 is 4.92 Å². The smallest absolute Gasteiger partial charge is 0.283 e. The molecule has 1 saturated heterocycles. The molecule has 7 heteroatoms. The van der Waals surface area contributed by atoms with Crippen LogP contribution in [0.15, 0.2) is 22.7 Å². The van der Waals surface area contributed by atoms with Gasteiger partial charge >= 0.3 is 0 Å². The average molecular weight is 356 g/mol. The third kappa shape index (κ3) is 3.59. The van der Waals surface area contributed by atoms with Crippen LogP contribution in [0.1, 0.15) is 24.8 Å². The number of carbonyl (C=O) groups is 1. The Kier molecular flexibility index (Phi) is 5.30. The molecule has 2 rings (SSSR count). The topological polar surface area (TPSA) is 75.5 Å². The number of nitro groups is 1. The molecule has 21 heavy (non-hydrogen) atoms. The fraction of sp³-hybridized carbons (Fsp3) is 0.500. The van der Waals surface area contributed by atoms with Crippen LogP contribution in [0.25, 0.3) is 0 Å². The lowest BCUT2D eigenvalue weighted by Gasteiger charge is -2.34. The number of hydrogen-bond acceptors (Lipinski definition) is 4. The summed E-state index contributed by atoms with van der Waals surface area (Å²) in [5.74, 6) is 0.0104. The fourth-order valence-corrected chi connectivity index (χ4v) is 3.23. The number of benzene rings is 1. The Bertz CT molecular complexity index is 550. The van der Waals surface area contributed by atoms with E-state index in [1.54, 1.807) is 13.1 Å². The van der Waals surface area contributed by atoms with E-state index in [-0.39, 0.29) is 17.6 Å². The molecule has 1 heterocycles. The number of carbonyl (C=O) groups excluding carboxylic acids is 1. The van der Waals surface area contributed by atoms with Gasteiger partial charge in [-0.1, -0.05) is 18.6 Å². The zero-order valence-electron chi connectivity index (χ0n) is 11.8. The number of halogens is 1. The van der Waals surface area contributed by atoms with Crippen molar-refractivity contribution in [2.24, 2.45) is 0 Å². The highest BCUT2D eigenvalue weighted by molar-refractivity contribution is 9.10. The highest BCUT2D eigenvalue weighted by Gasteiger charge is 2.29. The van der Waals surface area contributed by atoms with Gasteiger partial charge in [-0.05, 0) is 40.9 Å². The van der Waals surface area contributed by atoms with Crippen LogP contribution in [0.3, 0.4) is 0 Å². The van der Waals surface area contributed by atoms with E-state index >= 15 is 0 Å². The molecular formula is C14H18BrN3O3. The lowest BCUT2D eigenvalue weighted by Crippen LogP contribution is -2.48. The number of hydrogen-bond donors (Lipinski definition) is 1. The first-order valence-corrected chi connectivity index (χ1v) is 7.71. The molecule has 0 aliphatic carbocycles. The number of rotatable bonds is 4. The lowest BCUT2D eigenvalue weighted by molar-refractivity contribution is -0.385. The second kappa shape index (κ2) is 7.00. The van der Waals surface area contributed by atoms with Crippen molar-refractivity contribution in [2.75, 3.05) is 13.6 Å². The van der Waals surface area contributed by atoms with Crippen molar-refractivity contribution in [3.63, 3.8) is 0 Å². The Morgan fingerprint density at radius 2 is 2.29 bits per heavy atom. The second-order valence-electron chi connectivity index (χ2n) is 5.10. The van der Waals surface area contributed by atoms with Crippen molar-refractivity contribution in [3.05, 3.63) is 38.3 Å². The summed E-state index contributed by atoms with van der Waals surface area (Å²) >= 11 is 3.31. The summed E-state index contributed by atoms with van der Waals surface area (Å²) in [5, 5.41) is 13.7. The summed E-state index contributed by atoms with van der Waals surface area (Å²) in [5.41, 5.74) is 0.890. The number of piperidine rings is 1. The van der Waals surface area contributed by atoms with Gasteiger partial charge in [0.1, 0.15) is 0 Å². The van der Waals surface area contributed by atoms with E-state index in [1.165, 1.54) is 6.07 Å². The minimum absolute atomic E-state index is 0.0104. The van der Waals surface area contributed by atoms with Gasteiger partial charge in [-0.15, -0.1) is 0 Å². The molecule has 1 fully saturated rings. The summed E-state index contributed by atoms with van der Waals surface area (Å²) in [6, 6.07) is 4.85. The van der Waals surface area contributed by atoms with E-state index in [0.29, 0.717) is 11.0 Å². The summed E-state index contributed by atoms with van der Waals surface area (Å²) in [6.07, 6.45) is 2.90. The molecule has 0 saturated carbocycles. The van der Waals surface area contributed by atoms with Gasteiger partial charge < -0.3 is 5.32 Å². The first kappa shape index (κ1) is 15.9. The molecular weight excluding hydrogens is 338 g/mol. The van der Waals surface area contributed by atoms with E-state index in [2.05, 4.69) is 26.1 Å². The summed E-state index contributed by atoms with van der Waals surface area (Å²) < 4.78 is 0.497. The highest BCUT2D eigenvalue weighted by Crippen LogP contribution is 2.30. The number of nitrogens with one attached hydrogen (secondary N) is 1. The van der Waals surface area contributed by atoms with Crippen molar-refractivity contribution in [1.82, 2.24) is 10.2 Å². The average Bonchev–Trinajstić information content (AvgIpc) is 2.49. The van der Waals surface area contributed by atoms with Gasteiger partial charge in [-0.3, -0.25) is 19.8 Å². The largest absolute Gasteiger partial charge is 0.358 e. The highest BCUT2D eigenvalue weighted by atomic mass is 79.9. The van der Waals surface area contributed by atoms with Crippen LogP contribution in [-0.2, 0) is 11.3 Å². The maximum absolute atomic E-state index is 12.0. The summed E-state index contributed by atoms with van der Waals surface area (Å²) in [7, 11) is 1.64. The van der Waals surface area contributed by atoms with Crippen LogP contribution >= 0.6 is 15.9 Å². The van der Waals surface area contributed by atoms with Crippen LogP contribution < -0.4 is 5.32 Å². The molecule has 6 nitrogen and oxygen atoms in total. The van der Waals surface area contributed by atoms with Crippen LogP contribution in [-0.4, -0.2) is 35.4 Å². The van der Waals surface area contributed by atoms with Crippen LogP contribution in [0, 0.1) is 10.1 Å². The predicted octanol–water partition coefficient (Wildman–Crippen LogP) is 2.46. The van der Waals surface area contributed by atoms with Gasteiger partial charge in [0.15, 0.2) is 0 Å². The Hall–Kier alpha value is -1.47. The van der Waals surface area contributed by atoms with E-state index in [4.69, 9.17) is 0 Å². The molecule has 1 unspecified atom stereocenters. The molecule has 0 aromatic heterocycles. The maximum Gasteiger partial charge on any atom is 0.283 e. The normalized spacial score (nSPS) is 19.2. The minimum atomic E-state index is -0.403. The van der Waals surface area contributed by atoms with E-state index in [1.807, 2.05) is 6.07 Å². The molecule has 1 aliphatic rings. The van der Waals surface area contributed by atoms with Gasteiger partial charge in [0, 0.05) is 19.7 Å². The molecule has 1 atom stereocenters. The molecule has 114 valence electrons. The van der Waals surface area contributed by atoms with Crippen molar-refractivity contribution in [3.8, 4) is 0 Å². The molecule has 0 bridgehead atoms. The summed E-state index contributed by atoms with van der Waals surface area (Å²) in [6.45, 7) is 1.35. The molecule has 1 N–H and O–H groups in total. The van der Waals surface area contributed by atoms with Crippen molar-refractivity contribution in [2.45, 2.75) is 31.8 Å². The van der Waals surface area contributed by atoms with E-state index in [0.717, 1.165) is 31.4 Å². The van der Waals surface area contributed by atoms with E-state index in [9.17, 15) is 14.9 Å². The van der Waals surface area contributed by atoms with Gasteiger partial charge in [-0.25, -0.2) is 0 Å². The lowest BCUT2D eigenvalue weighted by atomic mass is 10.0. The van der Waals surface area contributed by atoms with Crippen molar-refractivity contribution >= 4 is 27.5 Å².